The first kappa shape index (κ1) is 11.4. The van der Waals surface area contributed by atoms with Crippen LogP contribution in [0, 0.1) is 0 Å². The molecule has 0 unspecified atom stereocenters. The number of hydrogen-bond donors (Lipinski definition) is 1. The monoisotopic (exact) mass is 287 g/mol. The van der Waals surface area contributed by atoms with E-state index in [0.717, 1.165) is 4.68 Å². The molecule has 0 aliphatic rings. The Morgan fingerprint density at radius 1 is 1.64 bits per heavy atom. The third-order valence-electron chi connectivity index (χ3n) is 1.30. The SMILES string of the molecule is NC(=S)Cn1cc(Br)c(C(F)(F)F)n1. The van der Waals surface area contributed by atoms with Gasteiger partial charge in [-0.1, -0.05) is 12.2 Å². The predicted octanol–water partition coefficient (Wildman–Crippen LogP) is 1.95. The lowest BCUT2D eigenvalue weighted by Crippen LogP contribution is -2.17. The minimum atomic E-state index is -4.47. The fraction of sp³-hybridized carbons (Fsp3) is 0.333. The third kappa shape index (κ3) is 2.68. The zero-order chi connectivity index (χ0) is 10.9. The number of halogens is 4. The molecule has 1 heterocycles. The summed E-state index contributed by atoms with van der Waals surface area (Å²) in [6.07, 6.45) is -3.29. The van der Waals surface area contributed by atoms with Gasteiger partial charge in [-0.25, -0.2) is 0 Å². The molecule has 0 spiro atoms. The fourth-order valence-corrected chi connectivity index (χ4v) is 1.50. The number of rotatable bonds is 2. The molecule has 0 aromatic carbocycles. The molecule has 0 amide bonds. The molecule has 0 radical (unpaired) electrons. The number of nitrogens with zero attached hydrogens (tertiary/aromatic N) is 2. The molecule has 0 bridgehead atoms. The van der Waals surface area contributed by atoms with E-state index in [1.165, 1.54) is 6.20 Å². The van der Waals surface area contributed by atoms with Crippen LogP contribution in [0.5, 0.6) is 0 Å². The van der Waals surface area contributed by atoms with Gasteiger partial charge in [0.2, 0.25) is 0 Å². The largest absolute Gasteiger partial charge is 0.436 e. The van der Waals surface area contributed by atoms with Gasteiger partial charge in [0.05, 0.1) is 16.0 Å². The van der Waals surface area contributed by atoms with Crippen LogP contribution in [0.25, 0.3) is 0 Å². The highest BCUT2D eigenvalue weighted by molar-refractivity contribution is 9.10. The quantitative estimate of drug-likeness (QED) is 0.846. The van der Waals surface area contributed by atoms with Crippen molar-refractivity contribution in [3.8, 4) is 0 Å². The summed E-state index contributed by atoms with van der Waals surface area (Å²) in [5.74, 6) is 0. The first-order valence-corrected chi connectivity index (χ1v) is 4.59. The van der Waals surface area contributed by atoms with Gasteiger partial charge in [-0.05, 0) is 15.9 Å². The third-order valence-corrected chi connectivity index (χ3v) is 2.01. The summed E-state index contributed by atoms with van der Waals surface area (Å²) in [5, 5.41) is 3.30. The Hall–Kier alpha value is -0.630. The maximum Gasteiger partial charge on any atom is 0.436 e. The maximum absolute atomic E-state index is 12.2. The minimum Gasteiger partial charge on any atom is -0.392 e. The number of hydrogen-bond acceptors (Lipinski definition) is 2. The predicted molar refractivity (Wildman–Crippen MR) is 51.7 cm³/mol. The average molecular weight is 288 g/mol. The van der Waals surface area contributed by atoms with E-state index in [2.05, 4.69) is 33.2 Å². The summed E-state index contributed by atoms with van der Waals surface area (Å²) in [6, 6.07) is 0. The summed E-state index contributed by atoms with van der Waals surface area (Å²) < 4.78 is 37.6. The van der Waals surface area contributed by atoms with Crippen LogP contribution in [0.3, 0.4) is 0 Å². The molecule has 0 atom stereocenters. The Bertz CT molecular complexity index is 360. The second kappa shape index (κ2) is 3.85. The number of alkyl halides is 3. The van der Waals surface area contributed by atoms with Crippen molar-refractivity contribution in [1.29, 1.82) is 0 Å². The molecule has 1 aromatic rings. The van der Waals surface area contributed by atoms with Crippen LogP contribution in [0.1, 0.15) is 5.69 Å². The molecule has 0 aliphatic carbocycles. The Morgan fingerprint density at radius 2 is 2.21 bits per heavy atom. The van der Waals surface area contributed by atoms with Crippen molar-refractivity contribution in [2.24, 2.45) is 5.73 Å². The molecule has 1 aromatic heterocycles. The summed E-state index contributed by atoms with van der Waals surface area (Å²) in [6.45, 7) is -0.00991. The highest BCUT2D eigenvalue weighted by Crippen LogP contribution is 2.33. The molecule has 0 saturated heterocycles. The Balaban J connectivity index is 2.99. The summed E-state index contributed by atoms with van der Waals surface area (Å²) in [4.78, 5) is 0.0775. The van der Waals surface area contributed by atoms with Crippen LogP contribution in [-0.2, 0) is 12.7 Å². The number of thiocarbonyl (C=S) groups is 1. The van der Waals surface area contributed by atoms with Gasteiger partial charge in [0.1, 0.15) is 0 Å². The van der Waals surface area contributed by atoms with E-state index in [9.17, 15) is 13.2 Å². The van der Waals surface area contributed by atoms with Crippen molar-refractivity contribution < 1.29 is 13.2 Å². The van der Waals surface area contributed by atoms with Crippen molar-refractivity contribution in [2.45, 2.75) is 12.7 Å². The topological polar surface area (TPSA) is 43.8 Å². The Morgan fingerprint density at radius 3 is 2.57 bits per heavy atom. The van der Waals surface area contributed by atoms with Crippen LogP contribution >= 0.6 is 28.1 Å². The molecule has 0 fully saturated rings. The fourth-order valence-electron chi connectivity index (χ4n) is 0.830. The van der Waals surface area contributed by atoms with Crippen LogP contribution < -0.4 is 5.73 Å². The van der Waals surface area contributed by atoms with Gasteiger partial charge in [-0.2, -0.15) is 18.3 Å². The number of aromatic nitrogens is 2. The van der Waals surface area contributed by atoms with Gasteiger partial charge >= 0.3 is 6.18 Å². The zero-order valence-electron chi connectivity index (χ0n) is 6.68. The van der Waals surface area contributed by atoms with E-state index in [1.807, 2.05) is 0 Å². The summed E-state index contributed by atoms with van der Waals surface area (Å²) in [7, 11) is 0. The maximum atomic E-state index is 12.2. The molecule has 0 aliphatic heterocycles. The molecule has 8 heteroatoms. The summed E-state index contributed by atoms with van der Waals surface area (Å²) in [5.41, 5.74) is 4.19. The lowest BCUT2D eigenvalue weighted by atomic mass is 10.4. The minimum absolute atomic E-state index is 0.00991. The zero-order valence-corrected chi connectivity index (χ0v) is 9.08. The Kier molecular flexibility index (Phi) is 3.15. The van der Waals surface area contributed by atoms with Crippen molar-refractivity contribution in [1.82, 2.24) is 9.78 Å². The van der Waals surface area contributed by atoms with Gasteiger partial charge in [-0.15, -0.1) is 0 Å². The van der Waals surface area contributed by atoms with Crippen molar-refractivity contribution in [3.63, 3.8) is 0 Å². The van der Waals surface area contributed by atoms with Gasteiger partial charge in [-0.3, -0.25) is 4.68 Å². The lowest BCUT2D eigenvalue weighted by Gasteiger charge is -2.02. The average Bonchev–Trinajstić information content (AvgIpc) is 2.27. The smallest absolute Gasteiger partial charge is 0.392 e. The van der Waals surface area contributed by atoms with E-state index >= 15 is 0 Å². The van der Waals surface area contributed by atoms with Crippen LogP contribution in [0.2, 0.25) is 0 Å². The first-order valence-electron chi connectivity index (χ1n) is 3.39. The van der Waals surface area contributed by atoms with E-state index in [0.29, 0.717) is 0 Å². The number of nitrogens with two attached hydrogens (primary N) is 1. The van der Waals surface area contributed by atoms with E-state index in [4.69, 9.17) is 5.73 Å². The van der Waals surface area contributed by atoms with Crippen molar-refractivity contribution in [3.05, 3.63) is 16.4 Å². The molecular formula is C6H5BrF3N3S. The first-order chi connectivity index (χ1) is 6.30. The van der Waals surface area contributed by atoms with Gasteiger partial charge in [0, 0.05) is 6.20 Å². The van der Waals surface area contributed by atoms with E-state index in [-0.39, 0.29) is 16.0 Å². The second-order valence-corrected chi connectivity index (χ2v) is 3.87. The van der Waals surface area contributed by atoms with Gasteiger partial charge in [0.15, 0.2) is 5.69 Å². The van der Waals surface area contributed by atoms with Crippen LogP contribution in [0.4, 0.5) is 13.2 Å². The van der Waals surface area contributed by atoms with E-state index in [1.54, 1.807) is 0 Å². The van der Waals surface area contributed by atoms with Crippen molar-refractivity contribution >= 4 is 33.1 Å². The molecule has 0 saturated carbocycles. The molecular weight excluding hydrogens is 283 g/mol. The second-order valence-electron chi connectivity index (χ2n) is 2.49. The van der Waals surface area contributed by atoms with Crippen LogP contribution in [0.15, 0.2) is 10.7 Å². The molecule has 14 heavy (non-hydrogen) atoms. The Labute approximate surface area is 91.2 Å². The molecule has 3 nitrogen and oxygen atoms in total. The highest BCUT2D eigenvalue weighted by Gasteiger charge is 2.36. The molecule has 1 rings (SSSR count). The van der Waals surface area contributed by atoms with Crippen molar-refractivity contribution in [2.75, 3.05) is 0 Å². The van der Waals surface area contributed by atoms with E-state index < -0.39 is 11.9 Å². The molecule has 2 N–H and O–H groups in total. The normalized spacial score (nSPS) is 11.7. The summed E-state index contributed by atoms with van der Waals surface area (Å²) >= 11 is 7.30. The van der Waals surface area contributed by atoms with Gasteiger partial charge < -0.3 is 5.73 Å². The van der Waals surface area contributed by atoms with Crippen LogP contribution in [-0.4, -0.2) is 14.8 Å². The highest BCUT2D eigenvalue weighted by atomic mass is 79.9. The van der Waals surface area contributed by atoms with Gasteiger partial charge in [0.25, 0.3) is 0 Å². The molecule has 78 valence electrons. The standard InChI is InChI=1S/C6H5BrF3N3S/c7-3-1-13(2-4(11)14)12-5(3)6(8,9)10/h1H,2H2,(H2,11,14). The lowest BCUT2D eigenvalue weighted by molar-refractivity contribution is -0.142.